The van der Waals surface area contributed by atoms with Crippen LogP contribution in [0.15, 0.2) is 78.9 Å². The molecule has 2 fully saturated rings. The fourth-order valence-electron chi connectivity index (χ4n) is 5.60. The van der Waals surface area contributed by atoms with Gasteiger partial charge in [-0.3, -0.25) is 19.1 Å². The molecule has 0 bridgehead atoms. The first-order valence-corrected chi connectivity index (χ1v) is 20.5. The monoisotopic (exact) mass is 720 g/mol. The third-order valence-electron chi connectivity index (χ3n) is 7.63. The van der Waals surface area contributed by atoms with Crippen LogP contribution in [0.5, 0.6) is 11.5 Å². The molecule has 17 heteroatoms. The zero-order chi connectivity index (χ0) is 34.5. The van der Waals surface area contributed by atoms with Crippen molar-refractivity contribution in [3.63, 3.8) is 0 Å². The van der Waals surface area contributed by atoms with E-state index in [0.717, 1.165) is 18.1 Å². The van der Waals surface area contributed by atoms with Gasteiger partial charge in [0.1, 0.15) is 24.1 Å². The van der Waals surface area contributed by atoms with E-state index in [2.05, 4.69) is 9.44 Å². The molecule has 1 unspecified atom stereocenters. The Balaban J connectivity index is 1.38. The van der Waals surface area contributed by atoms with Crippen LogP contribution in [0.25, 0.3) is 0 Å². The molecule has 2 heterocycles. The zero-order valence-electron chi connectivity index (χ0n) is 26.4. The lowest BCUT2D eigenvalue weighted by molar-refractivity contribution is -0.135. The van der Waals surface area contributed by atoms with Crippen LogP contribution in [0, 0.1) is 0 Å². The molecule has 2 atom stereocenters. The number of rotatable bonds is 12. The molecule has 2 aliphatic heterocycles. The maximum Gasteiger partial charge on any atom is 0.453 e. The van der Waals surface area contributed by atoms with Gasteiger partial charge in [0.05, 0.1) is 12.5 Å². The van der Waals surface area contributed by atoms with Crippen molar-refractivity contribution < 1.29 is 44.8 Å². The largest absolute Gasteiger partial charge is 0.453 e. The van der Waals surface area contributed by atoms with E-state index in [1.807, 2.05) is 30.3 Å². The fraction of sp³-hybridized carbons (Fsp3) is 0.355. The van der Waals surface area contributed by atoms with Crippen molar-refractivity contribution in [1.29, 1.82) is 0 Å². The van der Waals surface area contributed by atoms with E-state index >= 15 is 0 Å². The first kappa shape index (κ1) is 35.0. The number of sulfonamides is 2. The van der Waals surface area contributed by atoms with Gasteiger partial charge >= 0.3 is 13.7 Å². The summed E-state index contributed by atoms with van der Waals surface area (Å²) in [6.07, 6.45) is 3.15. The number of likely N-dealkylation sites (tertiary alicyclic amines) is 2. The van der Waals surface area contributed by atoms with Crippen LogP contribution in [0.2, 0.25) is 0 Å². The minimum Gasteiger partial charge on any atom is -0.445 e. The van der Waals surface area contributed by atoms with E-state index in [1.165, 1.54) is 58.3 Å². The van der Waals surface area contributed by atoms with Crippen molar-refractivity contribution in [2.45, 2.75) is 44.1 Å². The molecule has 0 aromatic heterocycles. The molecule has 2 aliphatic rings. The highest BCUT2D eigenvalue weighted by atomic mass is 32.2. The van der Waals surface area contributed by atoms with Crippen LogP contribution >= 0.6 is 7.60 Å². The Morgan fingerprint density at radius 2 is 1.25 bits per heavy atom. The molecule has 0 radical (unpaired) electrons. The Kier molecular flexibility index (Phi) is 10.6. The SMILES string of the molecule is CS(=O)(=O)Nc1ccc(OP(=O)(Oc2ccc(NS(C)(=O)=O)cc2)C2CCCN2C(=O)[C@@H]2CCCN2C(=O)OCc2ccccc2)cc1. The zero-order valence-corrected chi connectivity index (χ0v) is 28.9. The molecule has 5 rings (SSSR count). The van der Waals surface area contributed by atoms with Crippen LogP contribution in [0.4, 0.5) is 16.2 Å². The molecule has 2 N–H and O–H groups in total. The Bertz CT molecular complexity index is 1790. The van der Waals surface area contributed by atoms with E-state index in [9.17, 15) is 31.0 Å². The first-order chi connectivity index (χ1) is 22.7. The van der Waals surface area contributed by atoms with Crippen LogP contribution in [0.1, 0.15) is 31.2 Å². The third kappa shape index (κ3) is 9.20. The van der Waals surface area contributed by atoms with Crippen molar-refractivity contribution in [1.82, 2.24) is 9.80 Å². The summed E-state index contributed by atoms with van der Waals surface area (Å²) in [7, 11) is -11.4. The van der Waals surface area contributed by atoms with Crippen molar-refractivity contribution in [2.24, 2.45) is 0 Å². The van der Waals surface area contributed by atoms with Gasteiger partial charge in [-0.25, -0.2) is 26.2 Å². The molecule has 0 spiro atoms. The molecular weight excluding hydrogens is 683 g/mol. The summed E-state index contributed by atoms with van der Waals surface area (Å²) in [4.78, 5) is 30.0. The average Bonchev–Trinajstić information content (AvgIpc) is 3.72. The first-order valence-electron chi connectivity index (χ1n) is 15.1. The summed E-state index contributed by atoms with van der Waals surface area (Å²) in [5.74, 6) is -1.24. The molecular formula is C31H37N4O10PS2. The van der Waals surface area contributed by atoms with Crippen LogP contribution < -0.4 is 18.5 Å². The van der Waals surface area contributed by atoms with Gasteiger partial charge in [-0.15, -0.1) is 0 Å². The second-order valence-corrected chi connectivity index (χ2v) is 17.1. The Labute approximate surface area is 280 Å². The molecule has 2 saturated heterocycles. The molecule has 48 heavy (non-hydrogen) atoms. The summed E-state index contributed by atoms with van der Waals surface area (Å²) in [5.41, 5.74) is 1.32. The minimum absolute atomic E-state index is 0.0529. The smallest absolute Gasteiger partial charge is 0.445 e. The highest BCUT2D eigenvalue weighted by molar-refractivity contribution is 7.92. The number of anilines is 2. The summed E-state index contributed by atoms with van der Waals surface area (Å²) in [6, 6.07) is 19.8. The third-order valence-corrected chi connectivity index (χ3v) is 11.0. The highest BCUT2D eigenvalue weighted by Gasteiger charge is 2.50. The number of ether oxygens (including phenoxy) is 1. The van der Waals surface area contributed by atoms with Gasteiger partial charge in [0.25, 0.3) is 0 Å². The van der Waals surface area contributed by atoms with Crippen molar-refractivity contribution >= 4 is 51.0 Å². The lowest BCUT2D eigenvalue weighted by Gasteiger charge is -2.34. The highest BCUT2D eigenvalue weighted by Crippen LogP contribution is 2.57. The molecule has 258 valence electrons. The lowest BCUT2D eigenvalue weighted by atomic mass is 10.2. The van der Waals surface area contributed by atoms with Crippen LogP contribution in [-0.4, -0.2) is 76.1 Å². The van der Waals surface area contributed by atoms with Gasteiger partial charge in [0.15, 0.2) is 5.78 Å². The van der Waals surface area contributed by atoms with Crippen molar-refractivity contribution in [2.75, 3.05) is 35.0 Å². The number of benzene rings is 3. The Morgan fingerprint density at radius 3 is 1.77 bits per heavy atom. The fourth-order valence-corrected chi connectivity index (χ4v) is 8.91. The molecule has 3 aromatic rings. The minimum atomic E-state index is -4.28. The molecule has 3 aromatic carbocycles. The maximum absolute atomic E-state index is 14.8. The number of hydrogen-bond donors (Lipinski definition) is 2. The van der Waals surface area contributed by atoms with Gasteiger partial charge in [-0.2, -0.15) is 0 Å². The van der Waals surface area contributed by atoms with Crippen LogP contribution in [-0.2, 0) is 40.7 Å². The normalized spacial score (nSPS) is 18.3. The van der Waals surface area contributed by atoms with Gasteiger partial charge in [-0.1, -0.05) is 30.3 Å². The second-order valence-electron chi connectivity index (χ2n) is 11.6. The summed E-state index contributed by atoms with van der Waals surface area (Å²) < 4.78 is 83.7. The molecule has 2 amide bonds. The summed E-state index contributed by atoms with van der Waals surface area (Å²) >= 11 is 0. The van der Waals surface area contributed by atoms with E-state index in [-0.39, 0.29) is 42.4 Å². The summed E-state index contributed by atoms with van der Waals surface area (Å²) in [6.45, 7) is 0.629. The molecule has 0 aliphatic carbocycles. The van der Waals surface area contributed by atoms with E-state index in [1.54, 1.807) is 0 Å². The van der Waals surface area contributed by atoms with E-state index < -0.39 is 51.5 Å². The summed E-state index contributed by atoms with van der Waals surface area (Å²) in [5, 5.41) is 0. The lowest BCUT2D eigenvalue weighted by Crippen LogP contribution is -2.49. The maximum atomic E-state index is 14.8. The van der Waals surface area contributed by atoms with Crippen molar-refractivity contribution in [3.8, 4) is 11.5 Å². The second kappa shape index (κ2) is 14.5. The van der Waals surface area contributed by atoms with Crippen molar-refractivity contribution in [3.05, 3.63) is 84.4 Å². The number of nitrogens with one attached hydrogen (secondary N) is 2. The number of hydrogen-bond acceptors (Lipinski definition) is 10. The van der Waals surface area contributed by atoms with Crippen LogP contribution in [0.3, 0.4) is 0 Å². The predicted octanol–water partition coefficient (Wildman–Crippen LogP) is 4.83. The number of carbonyl (C=O) groups is 2. The molecule has 0 saturated carbocycles. The van der Waals surface area contributed by atoms with Gasteiger partial charge < -0.3 is 18.7 Å². The quantitative estimate of drug-likeness (QED) is 0.246. The van der Waals surface area contributed by atoms with Gasteiger partial charge in [0.2, 0.25) is 26.0 Å². The standard InChI is InChI=1S/C31H37N4O10PS2/c1-47(39,40)32-24-12-16-26(17-13-24)44-46(38,45-27-18-14-25(15-19-27)33-48(2,41)42)29-11-7-21-35(29)30(36)28-10-6-20-34(28)31(37)43-22-23-8-4-3-5-9-23/h3-5,8-9,12-19,28-29,32-33H,6-7,10-11,20-22H2,1-2H3/t28-,29?/m0/s1. The average molecular weight is 721 g/mol. The van der Waals surface area contributed by atoms with Gasteiger partial charge in [0, 0.05) is 24.5 Å². The Morgan fingerprint density at radius 1 is 0.750 bits per heavy atom. The number of carbonyl (C=O) groups excluding carboxylic acids is 2. The van der Waals surface area contributed by atoms with Gasteiger partial charge in [-0.05, 0) is 79.8 Å². The number of amides is 2. The number of nitrogens with zero attached hydrogens (tertiary/aromatic N) is 2. The van der Waals surface area contributed by atoms with E-state index in [0.29, 0.717) is 25.8 Å². The van der Waals surface area contributed by atoms with E-state index in [4.69, 9.17) is 13.8 Å². The topological polar surface area (TPSA) is 178 Å². The Hall–Kier alpha value is -4.27. The molecule has 14 nitrogen and oxygen atoms in total. The predicted molar refractivity (Wildman–Crippen MR) is 180 cm³/mol.